The number of hydrogen-bond acceptors (Lipinski definition) is 1. The van der Waals surface area contributed by atoms with E-state index in [0.29, 0.717) is 0 Å². The van der Waals surface area contributed by atoms with Crippen LogP contribution in [0.25, 0.3) is 0 Å². The molecule has 84 valence electrons. The molecule has 0 N–H and O–H groups in total. The van der Waals surface area contributed by atoms with Gasteiger partial charge < -0.3 is 0 Å². The van der Waals surface area contributed by atoms with Crippen molar-refractivity contribution in [3.05, 3.63) is 55.3 Å². The van der Waals surface area contributed by atoms with Crippen LogP contribution in [0, 0.1) is 11.8 Å². The Kier molecular flexibility index (Phi) is 4.01. The standard InChI is InChI=1S/C14H9BrOSe/c1-10(16)14-9-8-13(17-14)7-4-11-2-5-12(15)6-3-11/h2-3,5-6,8-9H,1H3. The van der Waals surface area contributed by atoms with E-state index in [0.717, 1.165) is 18.9 Å². The van der Waals surface area contributed by atoms with Gasteiger partial charge in [-0.1, -0.05) is 0 Å². The second-order valence-electron chi connectivity index (χ2n) is 3.48. The molecule has 0 radical (unpaired) electrons. The zero-order chi connectivity index (χ0) is 12.3. The molecule has 0 spiro atoms. The third kappa shape index (κ3) is 3.44. The molecule has 17 heavy (non-hydrogen) atoms. The van der Waals surface area contributed by atoms with Crippen LogP contribution in [0.1, 0.15) is 26.2 Å². The molecular weight excluding hydrogens is 343 g/mol. The molecule has 0 aliphatic carbocycles. The van der Waals surface area contributed by atoms with Gasteiger partial charge in [0.15, 0.2) is 0 Å². The molecule has 0 aliphatic rings. The van der Waals surface area contributed by atoms with Crippen molar-refractivity contribution in [1.29, 1.82) is 0 Å². The van der Waals surface area contributed by atoms with E-state index in [-0.39, 0.29) is 20.3 Å². The molecule has 3 heteroatoms. The number of carbonyl (C=O) groups is 1. The number of ketones is 1. The van der Waals surface area contributed by atoms with Crippen LogP contribution in [0.2, 0.25) is 0 Å². The number of rotatable bonds is 1. The fraction of sp³-hybridized carbons (Fsp3) is 0.0714. The quantitative estimate of drug-likeness (QED) is 0.438. The van der Waals surface area contributed by atoms with E-state index in [1.165, 1.54) is 0 Å². The summed E-state index contributed by atoms with van der Waals surface area (Å²) in [5.41, 5.74) is 0.987. The summed E-state index contributed by atoms with van der Waals surface area (Å²) in [7, 11) is 0. The first-order valence-electron chi connectivity index (χ1n) is 5.03. The van der Waals surface area contributed by atoms with E-state index in [1.807, 2.05) is 36.4 Å². The second-order valence-corrected chi connectivity index (χ2v) is 6.67. The molecular formula is C14H9BrOSe. The van der Waals surface area contributed by atoms with Crippen LogP contribution in [-0.4, -0.2) is 20.3 Å². The summed E-state index contributed by atoms with van der Waals surface area (Å²) in [5, 5.41) is 0. The fourth-order valence-corrected chi connectivity index (χ4v) is 3.11. The Hall–Kier alpha value is -1.07. The molecule has 1 aromatic carbocycles. The molecule has 2 aromatic rings. The summed E-state index contributed by atoms with van der Waals surface area (Å²) in [6.45, 7) is 1.60. The Morgan fingerprint density at radius 3 is 2.41 bits per heavy atom. The molecule has 0 saturated carbocycles. The van der Waals surface area contributed by atoms with Gasteiger partial charge in [0.25, 0.3) is 0 Å². The van der Waals surface area contributed by atoms with Gasteiger partial charge in [0.2, 0.25) is 0 Å². The Labute approximate surface area is 115 Å². The summed E-state index contributed by atoms with van der Waals surface area (Å²) < 4.78 is 3.01. The van der Waals surface area contributed by atoms with Crippen molar-refractivity contribution in [3.8, 4) is 11.8 Å². The molecule has 0 atom stereocenters. The third-order valence-electron chi connectivity index (χ3n) is 2.13. The molecule has 0 bridgehead atoms. The van der Waals surface area contributed by atoms with Crippen molar-refractivity contribution in [3.63, 3.8) is 0 Å². The van der Waals surface area contributed by atoms with E-state index >= 15 is 0 Å². The van der Waals surface area contributed by atoms with Crippen molar-refractivity contribution >= 4 is 36.2 Å². The molecule has 1 nitrogen and oxygen atoms in total. The second kappa shape index (κ2) is 5.51. The summed E-state index contributed by atoms with van der Waals surface area (Å²) in [4.78, 5) is 11.2. The average molecular weight is 352 g/mol. The summed E-state index contributed by atoms with van der Waals surface area (Å²) >= 11 is 3.48. The van der Waals surface area contributed by atoms with E-state index in [4.69, 9.17) is 0 Å². The van der Waals surface area contributed by atoms with E-state index in [9.17, 15) is 4.79 Å². The monoisotopic (exact) mass is 352 g/mol. The van der Waals surface area contributed by atoms with E-state index < -0.39 is 0 Å². The maximum absolute atomic E-state index is 11.2. The molecule has 2 rings (SSSR count). The zero-order valence-corrected chi connectivity index (χ0v) is 12.5. The first-order chi connectivity index (χ1) is 8.15. The van der Waals surface area contributed by atoms with Crippen LogP contribution >= 0.6 is 15.9 Å². The van der Waals surface area contributed by atoms with Crippen LogP contribution in [-0.2, 0) is 0 Å². The SMILES string of the molecule is CC(=O)c1ccc(C#Cc2ccc(Br)cc2)[se]1. The van der Waals surface area contributed by atoms with Crippen LogP contribution < -0.4 is 0 Å². The predicted molar refractivity (Wildman–Crippen MR) is 73.5 cm³/mol. The minimum absolute atomic E-state index is 0.0915. The molecule has 0 fully saturated rings. The van der Waals surface area contributed by atoms with Crippen LogP contribution in [0.4, 0.5) is 0 Å². The van der Waals surface area contributed by atoms with E-state index in [2.05, 4.69) is 27.8 Å². The number of hydrogen-bond donors (Lipinski definition) is 0. The van der Waals surface area contributed by atoms with Gasteiger partial charge in [-0.2, -0.15) is 0 Å². The topological polar surface area (TPSA) is 17.1 Å². The molecule has 1 heterocycles. The zero-order valence-electron chi connectivity index (χ0n) is 9.16. The summed E-state index contributed by atoms with van der Waals surface area (Å²) in [5.74, 6) is 6.38. The van der Waals surface area contributed by atoms with Crippen LogP contribution in [0.15, 0.2) is 40.9 Å². The van der Waals surface area contributed by atoms with Crippen molar-refractivity contribution in [2.45, 2.75) is 6.92 Å². The molecule has 0 saturated heterocycles. The van der Waals surface area contributed by atoms with E-state index in [1.54, 1.807) is 6.92 Å². The summed E-state index contributed by atoms with van der Waals surface area (Å²) in [6.07, 6.45) is 0. The summed E-state index contributed by atoms with van der Waals surface area (Å²) in [6, 6.07) is 11.7. The Morgan fingerprint density at radius 2 is 1.82 bits per heavy atom. The number of benzene rings is 1. The van der Waals surface area contributed by atoms with Gasteiger partial charge in [0.05, 0.1) is 0 Å². The van der Waals surface area contributed by atoms with Crippen molar-refractivity contribution in [2.24, 2.45) is 0 Å². The van der Waals surface area contributed by atoms with Gasteiger partial charge in [-0.15, -0.1) is 0 Å². The maximum atomic E-state index is 11.2. The van der Waals surface area contributed by atoms with Gasteiger partial charge in [-0.25, -0.2) is 0 Å². The predicted octanol–water partition coefficient (Wildman–Crippen LogP) is 3.11. The molecule has 0 unspecified atom stereocenters. The van der Waals surface area contributed by atoms with Gasteiger partial charge in [0.1, 0.15) is 0 Å². The fourth-order valence-electron chi connectivity index (χ4n) is 1.26. The van der Waals surface area contributed by atoms with Gasteiger partial charge >= 0.3 is 115 Å². The van der Waals surface area contributed by atoms with Crippen molar-refractivity contribution < 1.29 is 4.79 Å². The molecule has 0 aliphatic heterocycles. The van der Waals surface area contributed by atoms with Gasteiger partial charge in [0, 0.05) is 0 Å². The third-order valence-corrected chi connectivity index (χ3v) is 4.97. The number of halogens is 1. The normalized spacial score (nSPS) is 9.53. The van der Waals surface area contributed by atoms with Crippen molar-refractivity contribution in [2.75, 3.05) is 0 Å². The average Bonchev–Trinajstić information content (AvgIpc) is 2.77. The Balaban J connectivity index is 2.20. The first kappa shape index (κ1) is 12.4. The number of carbonyl (C=O) groups excluding carboxylic acids is 1. The minimum atomic E-state index is 0.0915. The van der Waals surface area contributed by atoms with Crippen molar-refractivity contribution in [1.82, 2.24) is 0 Å². The van der Waals surface area contributed by atoms with Crippen LogP contribution in [0.5, 0.6) is 0 Å². The van der Waals surface area contributed by atoms with Gasteiger partial charge in [-0.05, 0) is 0 Å². The Morgan fingerprint density at radius 1 is 1.12 bits per heavy atom. The first-order valence-corrected chi connectivity index (χ1v) is 7.54. The molecule has 0 amide bonds. The molecule has 1 aromatic heterocycles. The van der Waals surface area contributed by atoms with Gasteiger partial charge in [-0.3, -0.25) is 0 Å². The number of Topliss-reactive ketones (excluding diaryl/α,β-unsaturated/α-hetero) is 1. The Bertz CT molecular complexity index is 599. The van der Waals surface area contributed by atoms with Crippen LogP contribution in [0.3, 0.4) is 0 Å².